The Hall–Kier alpha value is -1.89. The third-order valence-electron chi connectivity index (χ3n) is 5.32. The Morgan fingerprint density at radius 1 is 1.19 bits per heavy atom. The molecule has 0 bridgehead atoms. The average molecular weight is 357 g/mol. The zero-order valence-electron chi connectivity index (χ0n) is 15.0. The number of hydrogen-bond donors (Lipinski definition) is 2. The topological polar surface area (TPSA) is 70.8 Å². The Morgan fingerprint density at radius 3 is 2.85 bits per heavy atom. The highest BCUT2D eigenvalue weighted by atomic mass is 16.5. The Labute approximate surface area is 154 Å². The Balaban J connectivity index is 1.39. The van der Waals surface area contributed by atoms with Crippen molar-refractivity contribution in [3.63, 3.8) is 0 Å². The van der Waals surface area contributed by atoms with Crippen molar-refractivity contribution in [2.24, 2.45) is 0 Å². The molecular weight excluding hydrogens is 330 g/mol. The summed E-state index contributed by atoms with van der Waals surface area (Å²) in [5.74, 6) is 0.977. The second kappa shape index (κ2) is 7.78. The van der Waals surface area contributed by atoms with Crippen LogP contribution in [0, 0.1) is 0 Å². The van der Waals surface area contributed by atoms with Crippen LogP contribution in [0.25, 0.3) is 0 Å². The molecule has 1 saturated carbocycles. The summed E-state index contributed by atoms with van der Waals surface area (Å²) in [4.78, 5) is 2.38. The van der Waals surface area contributed by atoms with E-state index in [2.05, 4.69) is 34.3 Å². The maximum atomic E-state index is 9.77. The zero-order chi connectivity index (χ0) is 17.9. The van der Waals surface area contributed by atoms with Crippen molar-refractivity contribution in [2.75, 3.05) is 13.2 Å². The molecule has 6 heteroatoms. The van der Waals surface area contributed by atoms with E-state index in [1.54, 1.807) is 0 Å². The monoisotopic (exact) mass is 357 g/mol. The summed E-state index contributed by atoms with van der Waals surface area (Å²) < 4.78 is 8.05. The molecule has 1 aliphatic heterocycles. The fraction of sp³-hybridized carbons (Fsp3) is 0.550. The molecule has 1 aromatic carbocycles. The van der Waals surface area contributed by atoms with Gasteiger partial charge in [-0.1, -0.05) is 12.1 Å². The standard InChI is InChI=1S/C20H27N3O3/c24-14-20(25)19-11-16-13-22(8-9-23(16)21-19)12-15-4-3-7-18(10-15)26-17-5-1-2-6-17/h3-4,7,10-11,17,20,24-25H,1-2,5-6,8-9,12-14H2/t20-/m0/s1. The summed E-state index contributed by atoms with van der Waals surface area (Å²) in [6.45, 7) is 3.07. The van der Waals surface area contributed by atoms with Gasteiger partial charge in [0.05, 0.1) is 30.6 Å². The minimum atomic E-state index is -0.897. The summed E-state index contributed by atoms with van der Waals surface area (Å²) in [6, 6.07) is 10.3. The van der Waals surface area contributed by atoms with Crippen molar-refractivity contribution >= 4 is 0 Å². The Kier molecular flexibility index (Phi) is 5.24. The molecular formula is C20H27N3O3. The van der Waals surface area contributed by atoms with Gasteiger partial charge in [0.1, 0.15) is 11.9 Å². The Morgan fingerprint density at radius 2 is 2.04 bits per heavy atom. The van der Waals surface area contributed by atoms with Crippen molar-refractivity contribution in [3.05, 3.63) is 47.3 Å². The second-order valence-electron chi connectivity index (χ2n) is 7.36. The number of ether oxygens (including phenoxy) is 1. The van der Waals surface area contributed by atoms with Crippen molar-refractivity contribution in [2.45, 2.75) is 57.5 Å². The molecule has 0 saturated heterocycles. The molecule has 6 nitrogen and oxygen atoms in total. The first-order valence-corrected chi connectivity index (χ1v) is 9.55. The average Bonchev–Trinajstić information content (AvgIpc) is 3.30. The van der Waals surface area contributed by atoms with Crippen LogP contribution < -0.4 is 4.74 Å². The molecule has 4 rings (SSSR count). The van der Waals surface area contributed by atoms with Gasteiger partial charge < -0.3 is 14.9 Å². The molecule has 2 aromatic rings. The molecule has 0 unspecified atom stereocenters. The van der Waals surface area contributed by atoms with E-state index >= 15 is 0 Å². The molecule has 1 atom stereocenters. The summed E-state index contributed by atoms with van der Waals surface area (Å²) in [5, 5.41) is 23.3. The smallest absolute Gasteiger partial charge is 0.121 e. The second-order valence-corrected chi connectivity index (χ2v) is 7.36. The summed E-state index contributed by atoms with van der Waals surface area (Å²) in [5.41, 5.74) is 2.89. The van der Waals surface area contributed by atoms with Crippen molar-refractivity contribution in [3.8, 4) is 5.75 Å². The lowest BCUT2D eigenvalue weighted by Crippen LogP contribution is -2.33. The van der Waals surface area contributed by atoms with Crippen LogP contribution in [0.2, 0.25) is 0 Å². The first-order chi connectivity index (χ1) is 12.7. The maximum Gasteiger partial charge on any atom is 0.121 e. The predicted octanol–water partition coefficient (Wildman–Crippen LogP) is 2.25. The molecule has 26 heavy (non-hydrogen) atoms. The van der Waals surface area contributed by atoms with Crippen LogP contribution in [0.5, 0.6) is 5.75 Å². The van der Waals surface area contributed by atoms with E-state index in [0.717, 1.165) is 37.6 Å². The predicted molar refractivity (Wildman–Crippen MR) is 97.7 cm³/mol. The van der Waals surface area contributed by atoms with Gasteiger partial charge in [0.25, 0.3) is 0 Å². The van der Waals surface area contributed by atoms with Gasteiger partial charge in [0, 0.05) is 19.6 Å². The van der Waals surface area contributed by atoms with Crippen LogP contribution in [0.1, 0.15) is 48.7 Å². The molecule has 0 radical (unpaired) electrons. The first-order valence-electron chi connectivity index (χ1n) is 9.55. The molecule has 1 fully saturated rings. The number of fused-ring (bicyclic) bond motifs is 1. The number of aliphatic hydroxyl groups is 2. The molecule has 2 heterocycles. The van der Waals surface area contributed by atoms with Crippen LogP contribution in [0.4, 0.5) is 0 Å². The third-order valence-corrected chi connectivity index (χ3v) is 5.32. The number of nitrogens with zero attached hydrogens (tertiary/aromatic N) is 3. The maximum absolute atomic E-state index is 9.77. The molecule has 2 aliphatic rings. The van der Waals surface area contributed by atoms with Gasteiger partial charge in [0.2, 0.25) is 0 Å². The van der Waals surface area contributed by atoms with E-state index in [0.29, 0.717) is 11.8 Å². The van der Waals surface area contributed by atoms with Crippen LogP contribution in [0.3, 0.4) is 0 Å². The fourth-order valence-electron chi connectivity index (χ4n) is 3.91. The molecule has 1 aromatic heterocycles. The van der Waals surface area contributed by atoms with Crippen LogP contribution in [0.15, 0.2) is 30.3 Å². The van der Waals surface area contributed by atoms with Crippen molar-refractivity contribution in [1.82, 2.24) is 14.7 Å². The van der Waals surface area contributed by atoms with E-state index in [1.807, 2.05) is 10.7 Å². The highest BCUT2D eigenvalue weighted by Gasteiger charge is 2.21. The minimum absolute atomic E-state index is 0.298. The van der Waals surface area contributed by atoms with E-state index in [9.17, 15) is 5.11 Å². The van der Waals surface area contributed by atoms with Gasteiger partial charge in [-0.15, -0.1) is 0 Å². The largest absolute Gasteiger partial charge is 0.490 e. The van der Waals surface area contributed by atoms with Crippen LogP contribution in [-0.2, 0) is 19.6 Å². The fourth-order valence-corrected chi connectivity index (χ4v) is 3.91. The third kappa shape index (κ3) is 3.92. The van der Waals surface area contributed by atoms with Gasteiger partial charge in [-0.2, -0.15) is 5.10 Å². The number of hydrogen-bond acceptors (Lipinski definition) is 5. The number of benzene rings is 1. The lowest BCUT2D eigenvalue weighted by Gasteiger charge is -2.27. The summed E-state index contributed by atoms with van der Waals surface area (Å²) in [6.07, 6.45) is 4.37. The Bertz CT molecular complexity index is 740. The van der Waals surface area contributed by atoms with Crippen LogP contribution in [-0.4, -0.2) is 44.1 Å². The molecule has 0 spiro atoms. The molecule has 0 amide bonds. The molecule has 1 aliphatic carbocycles. The minimum Gasteiger partial charge on any atom is -0.490 e. The quantitative estimate of drug-likeness (QED) is 0.830. The van der Waals surface area contributed by atoms with Crippen molar-refractivity contribution < 1.29 is 14.9 Å². The lowest BCUT2D eigenvalue weighted by molar-refractivity contribution is 0.0915. The number of aromatic nitrogens is 2. The van der Waals surface area contributed by atoms with E-state index in [-0.39, 0.29) is 6.61 Å². The number of rotatable bonds is 6. The van der Waals surface area contributed by atoms with Crippen molar-refractivity contribution in [1.29, 1.82) is 0 Å². The van der Waals surface area contributed by atoms with Gasteiger partial charge in [-0.25, -0.2) is 0 Å². The van der Waals surface area contributed by atoms with Gasteiger partial charge in [-0.3, -0.25) is 9.58 Å². The SMILES string of the molecule is OC[C@H](O)c1cc2n(n1)CCN(Cc1cccc(OC3CCCC3)c1)C2. The molecule has 140 valence electrons. The normalized spacial score (nSPS) is 19.5. The highest BCUT2D eigenvalue weighted by Crippen LogP contribution is 2.25. The summed E-state index contributed by atoms with van der Waals surface area (Å²) >= 11 is 0. The van der Waals surface area contributed by atoms with Gasteiger partial charge in [0.15, 0.2) is 0 Å². The highest BCUT2D eigenvalue weighted by molar-refractivity contribution is 5.29. The number of aliphatic hydroxyl groups excluding tert-OH is 2. The van der Waals surface area contributed by atoms with Gasteiger partial charge >= 0.3 is 0 Å². The lowest BCUT2D eigenvalue weighted by atomic mass is 10.1. The zero-order valence-corrected chi connectivity index (χ0v) is 15.0. The van der Waals surface area contributed by atoms with Crippen LogP contribution >= 0.6 is 0 Å². The van der Waals surface area contributed by atoms with E-state index in [4.69, 9.17) is 9.84 Å². The summed E-state index contributed by atoms with van der Waals surface area (Å²) in [7, 11) is 0. The van der Waals surface area contributed by atoms with E-state index in [1.165, 1.54) is 31.2 Å². The molecule has 2 N–H and O–H groups in total. The first kappa shape index (κ1) is 17.5. The van der Waals surface area contributed by atoms with Gasteiger partial charge in [-0.05, 0) is 49.4 Å². The van der Waals surface area contributed by atoms with E-state index < -0.39 is 6.10 Å².